The van der Waals surface area contributed by atoms with Gasteiger partial charge in [-0.3, -0.25) is 4.79 Å². The van der Waals surface area contributed by atoms with Crippen LogP contribution in [-0.4, -0.2) is 30.3 Å². The Balaban J connectivity index is 1.95. The molecule has 0 aliphatic carbocycles. The third kappa shape index (κ3) is 3.09. The lowest BCUT2D eigenvalue weighted by Gasteiger charge is -2.30. The summed E-state index contributed by atoms with van der Waals surface area (Å²) in [6.45, 7) is 3.80. The zero-order chi connectivity index (χ0) is 13.0. The van der Waals surface area contributed by atoms with Gasteiger partial charge >= 0.3 is 6.03 Å². The van der Waals surface area contributed by atoms with E-state index in [1.165, 1.54) is 6.42 Å². The molecule has 0 spiro atoms. The molecular formula is C14H18N2O2. The maximum Gasteiger partial charge on any atom is 0.321 e. The highest BCUT2D eigenvalue weighted by Crippen LogP contribution is 2.17. The molecule has 1 saturated heterocycles. The van der Waals surface area contributed by atoms with E-state index in [0.717, 1.165) is 31.5 Å². The lowest BCUT2D eigenvalue weighted by Crippen LogP contribution is -2.41. The number of carbonyl (C=O) groups excluding carboxylic acids is 2. The van der Waals surface area contributed by atoms with Crippen molar-refractivity contribution in [3.05, 3.63) is 29.8 Å². The van der Waals surface area contributed by atoms with Gasteiger partial charge in [0, 0.05) is 24.3 Å². The molecule has 4 nitrogen and oxygen atoms in total. The zero-order valence-electron chi connectivity index (χ0n) is 10.6. The number of carbonyl (C=O) groups is 2. The first-order chi connectivity index (χ1) is 8.69. The predicted octanol–water partition coefficient (Wildman–Crippen LogP) is 2.76. The van der Waals surface area contributed by atoms with Crippen LogP contribution in [0.1, 0.15) is 30.1 Å². The Labute approximate surface area is 107 Å². The number of hydrogen-bond donors (Lipinski definition) is 1. The van der Waals surface area contributed by atoms with E-state index in [0.29, 0.717) is 11.5 Å². The van der Waals surface area contributed by atoms with Crippen LogP contribution in [0, 0.1) is 5.92 Å². The first kappa shape index (κ1) is 12.6. The first-order valence-corrected chi connectivity index (χ1v) is 6.30. The SMILES string of the molecule is CC1CCCN(C(=O)Nc2ccc(C=O)cc2)C1. The van der Waals surface area contributed by atoms with Crippen molar-refractivity contribution in [1.82, 2.24) is 4.90 Å². The Kier molecular flexibility index (Phi) is 3.97. The summed E-state index contributed by atoms with van der Waals surface area (Å²) >= 11 is 0. The van der Waals surface area contributed by atoms with E-state index in [2.05, 4.69) is 12.2 Å². The monoisotopic (exact) mass is 246 g/mol. The molecule has 0 aromatic heterocycles. The van der Waals surface area contributed by atoms with Crippen LogP contribution < -0.4 is 5.32 Å². The Hall–Kier alpha value is -1.84. The third-order valence-corrected chi connectivity index (χ3v) is 3.24. The third-order valence-electron chi connectivity index (χ3n) is 3.24. The van der Waals surface area contributed by atoms with Crippen LogP contribution in [0.3, 0.4) is 0 Å². The van der Waals surface area contributed by atoms with Crippen LogP contribution in [0.2, 0.25) is 0 Å². The fraction of sp³-hybridized carbons (Fsp3) is 0.429. The molecule has 1 fully saturated rings. The minimum absolute atomic E-state index is 0.0552. The van der Waals surface area contributed by atoms with Gasteiger partial charge < -0.3 is 10.2 Å². The molecule has 1 aromatic carbocycles. The minimum Gasteiger partial charge on any atom is -0.324 e. The van der Waals surface area contributed by atoms with Crippen LogP contribution in [0.15, 0.2) is 24.3 Å². The van der Waals surface area contributed by atoms with E-state index in [9.17, 15) is 9.59 Å². The summed E-state index contributed by atoms with van der Waals surface area (Å²) in [6.07, 6.45) is 3.05. The fourth-order valence-electron chi connectivity index (χ4n) is 2.22. The van der Waals surface area contributed by atoms with Crippen LogP contribution in [0.25, 0.3) is 0 Å². The number of urea groups is 1. The number of nitrogens with one attached hydrogen (secondary N) is 1. The average Bonchev–Trinajstić information content (AvgIpc) is 2.39. The molecule has 1 aliphatic heterocycles. The van der Waals surface area contributed by atoms with E-state index < -0.39 is 0 Å². The molecular weight excluding hydrogens is 228 g/mol. The molecule has 2 amide bonds. The molecule has 2 rings (SSSR count). The molecule has 1 unspecified atom stereocenters. The second kappa shape index (κ2) is 5.67. The molecule has 0 saturated carbocycles. The van der Waals surface area contributed by atoms with Gasteiger partial charge in [0.05, 0.1) is 0 Å². The number of piperidine rings is 1. The lowest BCUT2D eigenvalue weighted by atomic mass is 10.0. The second-order valence-electron chi connectivity index (χ2n) is 4.86. The molecule has 18 heavy (non-hydrogen) atoms. The summed E-state index contributed by atoms with van der Waals surface area (Å²) in [5, 5.41) is 2.85. The smallest absolute Gasteiger partial charge is 0.321 e. The summed E-state index contributed by atoms with van der Waals surface area (Å²) in [6, 6.07) is 6.83. The number of likely N-dealkylation sites (tertiary alicyclic amines) is 1. The van der Waals surface area contributed by atoms with Crippen LogP contribution in [-0.2, 0) is 0 Å². The largest absolute Gasteiger partial charge is 0.324 e. The Bertz CT molecular complexity index is 428. The predicted molar refractivity (Wildman–Crippen MR) is 70.8 cm³/mol. The zero-order valence-corrected chi connectivity index (χ0v) is 10.6. The molecule has 96 valence electrons. The number of benzene rings is 1. The molecule has 1 N–H and O–H groups in total. The summed E-state index contributed by atoms with van der Waals surface area (Å²) < 4.78 is 0. The highest BCUT2D eigenvalue weighted by molar-refractivity contribution is 5.89. The minimum atomic E-state index is -0.0552. The first-order valence-electron chi connectivity index (χ1n) is 6.30. The number of hydrogen-bond acceptors (Lipinski definition) is 2. The van der Waals surface area contributed by atoms with Crippen molar-refractivity contribution in [1.29, 1.82) is 0 Å². The van der Waals surface area contributed by atoms with Crippen molar-refractivity contribution in [3.63, 3.8) is 0 Å². The average molecular weight is 246 g/mol. The molecule has 1 aromatic rings. The topological polar surface area (TPSA) is 49.4 Å². The van der Waals surface area contributed by atoms with Gasteiger partial charge in [0.1, 0.15) is 6.29 Å². The van der Waals surface area contributed by atoms with E-state index in [1.807, 2.05) is 4.90 Å². The Morgan fingerprint density at radius 2 is 2.11 bits per heavy atom. The van der Waals surface area contributed by atoms with E-state index in [4.69, 9.17) is 0 Å². The maximum atomic E-state index is 12.0. The summed E-state index contributed by atoms with van der Waals surface area (Å²) in [7, 11) is 0. The number of anilines is 1. The number of aldehydes is 1. The van der Waals surface area contributed by atoms with Gasteiger partial charge in [-0.15, -0.1) is 0 Å². The maximum absolute atomic E-state index is 12.0. The van der Waals surface area contributed by atoms with Gasteiger partial charge in [-0.1, -0.05) is 6.92 Å². The van der Waals surface area contributed by atoms with Crippen LogP contribution >= 0.6 is 0 Å². The highest BCUT2D eigenvalue weighted by Gasteiger charge is 2.20. The second-order valence-corrected chi connectivity index (χ2v) is 4.86. The molecule has 4 heteroatoms. The molecule has 0 radical (unpaired) electrons. The Morgan fingerprint density at radius 3 is 2.72 bits per heavy atom. The van der Waals surface area contributed by atoms with Crippen molar-refractivity contribution >= 4 is 18.0 Å². The van der Waals surface area contributed by atoms with E-state index in [-0.39, 0.29) is 6.03 Å². The van der Waals surface area contributed by atoms with Crippen LogP contribution in [0.4, 0.5) is 10.5 Å². The normalized spacial score (nSPS) is 19.4. The van der Waals surface area contributed by atoms with Crippen molar-refractivity contribution in [2.75, 3.05) is 18.4 Å². The highest BCUT2D eigenvalue weighted by atomic mass is 16.2. The van der Waals surface area contributed by atoms with Crippen LogP contribution in [0.5, 0.6) is 0 Å². The van der Waals surface area contributed by atoms with Gasteiger partial charge in [0.15, 0.2) is 0 Å². The molecule has 1 atom stereocenters. The van der Waals surface area contributed by atoms with Crippen molar-refractivity contribution in [2.24, 2.45) is 5.92 Å². The van der Waals surface area contributed by atoms with Crippen molar-refractivity contribution in [2.45, 2.75) is 19.8 Å². The fourth-order valence-corrected chi connectivity index (χ4v) is 2.22. The number of nitrogens with zero attached hydrogens (tertiary/aromatic N) is 1. The summed E-state index contributed by atoms with van der Waals surface area (Å²) in [5.74, 6) is 0.571. The van der Waals surface area contributed by atoms with Gasteiger partial charge in [-0.05, 0) is 43.0 Å². The lowest BCUT2D eigenvalue weighted by molar-refractivity contribution is 0.112. The number of rotatable bonds is 2. The van der Waals surface area contributed by atoms with Crippen molar-refractivity contribution < 1.29 is 9.59 Å². The molecule has 0 bridgehead atoms. The number of amides is 2. The quantitative estimate of drug-likeness (QED) is 0.816. The van der Waals surface area contributed by atoms with Gasteiger partial charge in [0.25, 0.3) is 0 Å². The van der Waals surface area contributed by atoms with Crippen molar-refractivity contribution in [3.8, 4) is 0 Å². The van der Waals surface area contributed by atoms with E-state index >= 15 is 0 Å². The Morgan fingerprint density at radius 1 is 1.39 bits per heavy atom. The summed E-state index contributed by atoms with van der Waals surface area (Å²) in [4.78, 5) is 24.4. The molecule has 1 heterocycles. The van der Waals surface area contributed by atoms with Gasteiger partial charge in [-0.2, -0.15) is 0 Å². The van der Waals surface area contributed by atoms with E-state index in [1.54, 1.807) is 24.3 Å². The molecule has 1 aliphatic rings. The summed E-state index contributed by atoms with van der Waals surface area (Å²) in [5.41, 5.74) is 1.34. The van der Waals surface area contributed by atoms with Gasteiger partial charge in [-0.25, -0.2) is 4.79 Å². The van der Waals surface area contributed by atoms with Gasteiger partial charge in [0.2, 0.25) is 0 Å². The standard InChI is InChI=1S/C14H18N2O2/c1-11-3-2-8-16(9-11)14(18)15-13-6-4-12(10-17)5-7-13/h4-7,10-11H,2-3,8-9H2,1H3,(H,15,18).